The highest BCUT2D eigenvalue weighted by Crippen LogP contribution is 2.24. The van der Waals surface area contributed by atoms with Gasteiger partial charge in [-0.15, -0.1) is 0 Å². The number of sulfonamides is 2. The molecule has 44 heavy (non-hydrogen) atoms. The highest BCUT2D eigenvalue weighted by molar-refractivity contribution is 7.89. The molecule has 1 aliphatic rings. The van der Waals surface area contributed by atoms with E-state index in [4.69, 9.17) is 0 Å². The number of carbonyl (C=O) groups is 2. The van der Waals surface area contributed by atoms with Crippen LogP contribution in [0.4, 0.5) is 0 Å². The van der Waals surface area contributed by atoms with Crippen LogP contribution in [0, 0.1) is 13.8 Å². The molecular weight excluding hydrogens is 603 g/mol. The maximum atomic E-state index is 13.9. The third kappa shape index (κ3) is 7.70. The number of benzene rings is 2. The van der Waals surface area contributed by atoms with Gasteiger partial charge in [0.2, 0.25) is 31.9 Å². The number of hydrogen-bond acceptors (Lipinski definition) is 7. The molecule has 4 rings (SSSR count). The van der Waals surface area contributed by atoms with E-state index in [9.17, 15) is 26.4 Å². The molecule has 0 unspecified atom stereocenters. The van der Waals surface area contributed by atoms with Gasteiger partial charge in [-0.1, -0.05) is 41.5 Å². The fraction of sp³-hybridized carbons (Fsp3) is 0.387. The van der Waals surface area contributed by atoms with Crippen LogP contribution in [0.3, 0.4) is 0 Å². The third-order valence-corrected chi connectivity index (χ3v) is 11.4. The van der Waals surface area contributed by atoms with E-state index in [1.54, 1.807) is 42.5 Å². The molecule has 2 N–H and O–H groups in total. The average Bonchev–Trinajstić information content (AvgIpc) is 2.99. The Labute approximate surface area is 259 Å². The zero-order valence-corrected chi connectivity index (χ0v) is 27.0. The number of rotatable bonds is 4. The standard InChI is InChI=1S/C31H39N5O6S2/c1-22-10-14-28(15-11-22)43(39,40)35-20-26-8-7-9-27(34-26)21-36(44(41,42)29-16-12-23(2)13-17-29)25(4)31(38)33-19-6-5-18-32-30(37)24(35)3/h7-17,24-25H,5-6,18-21H2,1-4H3,(H,32,37)(H,33,38)/t24-,25-/m0/s1. The van der Waals surface area contributed by atoms with Gasteiger partial charge in [0.25, 0.3) is 0 Å². The number of hydrogen-bond donors (Lipinski definition) is 2. The van der Waals surface area contributed by atoms with Crippen molar-refractivity contribution in [3.63, 3.8) is 0 Å². The van der Waals surface area contributed by atoms with Gasteiger partial charge in [0.1, 0.15) is 12.1 Å². The molecule has 2 aromatic carbocycles. The lowest BCUT2D eigenvalue weighted by Crippen LogP contribution is -2.47. The minimum atomic E-state index is -4.13. The predicted octanol–water partition coefficient (Wildman–Crippen LogP) is 2.88. The van der Waals surface area contributed by atoms with Gasteiger partial charge in [0.05, 0.1) is 34.3 Å². The maximum absolute atomic E-state index is 13.9. The van der Waals surface area contributed by atoms with Crippen LogP contribution in [0.15, 0.2) is 76.5 Å². The van der Waals surface area contributed by atoms with Gasteiger partial charge in [0.15, 0.2) is 0 Å². The Morgan fingerprint density at radius 2 is 1.00 bits per heavy atom. The number of amides is 2. The molecule has 0 radical (unpaired) electrons. The lowest BCUT2D eigenvalue weighted by molar-refractivity contribution is -0.125. The molecule has 1 aromatic heterocycles. The third-order valence-electron chi connectivity index (χ3n) is 7.58. The smallest absolute Gasteiger partial charge is 0.244 e. The molecule has 2 atom stereocenters. The van der Waals surface area contributed by atoms with E-state index in [0.717, 1.165) is 19.7 Å². The summed E-state index contributed by atoms with van der Waals surface area (Å²) < 4.78 is 57.7. The highest BCUT2D eigenvalue weighted by atomic mass is 32.2. The predicted molar refractivity (Wildman–Crippen MR) is 166 cm³/mol. The first-order chi connectivity index (χ1) is 20.8. The summed E-state index contributed by atoms with van der Waals surface area (Å²) in [5.74, 6) is -0.927. The summed E-state index contributed by atoms with van der Waals surface area (Å²) in [6.07, 6.45) is 1.04. The monoisotopic (exact) mass is 641 g/mol. The summed E-state index contributed by atoms with van der Waals surface area (Å²) in [5, 5.41) is 5.60. The van der Waals surface area contributed by atoms with Crippen molar-refractivity contribution in [2.75, 3.05) is 13.1 Å². The van der Waals surface area contributed by atoms with Crippen LogP contribution < -0.4 is 10.6 Å². The lowest BCUT2D eigenvalue weighted by atomic mass is 10.2. The first-order valence-corrected chi connectivity index (χ1v) is 17.4. The summed E-state index contributed by atoms with van der Waals surface area (Å²) in [6.45, 7) is 6.82. The molecule has 0 aliphatic carbocycles. The number of nitrogens with one attached hydrogen (secondary N) is 2. The van der Waals surface area contributed by atoms with E-state index in [1.165, 1.54) is 38.1 Å². The molecule has 0 spiro atoms. The van der Waals surface area contributed by atoms with E-state index < -0.39 is 43.9 Å². The summed E-state index contributed by atoms with van der Waals surface area (Å²) in [7, 11) is -8.27. The zero-order valence-electron chi connectivity index (χ0n) is 25.4. The van der Waals surface area contributed by atoms with Gasteiger partial charge in [-0.05, 0) is 76.9 Å². The average molecular weight is 642 g/mol. The van der Waals surface area contributed by atoms with E-state index in [1.807, 2.05) is 13.8 Å². The number of aromatic nitrogens is 1. The SMILES string of the molecule is Cc1ccc(S(=O)(=O)N2Cc3cccc(n3)CN(S(=O)(=O)c3ccc(C)cc3)[C@@H](C)C(=O)NCCCCNC(=O)[C@@H]2C)cc1. The number of carbonyl (C=O) groups excluding carboxylic acids is 2. The topological polar surface area (TPSA) is 146 Å². The van der Waals surface area contributed by atoms with E-state index >= 15 is 0 Å². The van der Waals surface area contributed by atoms with Crippen molar-refractivity contribution in [3.8, 4) is 0 Å². The Morgan fingerprint density at radius 1 is 0.636 bits per heavy atom. The van der Waals surface area contributed by atoms with Crippen molar-refractivity contribution in [1.82, 2.24) is 24.2 Å². The maximum Gasteiger partial charge on any atom is 0.244 e. The quantitative estimate of drug-likeness (QED) is 0.446. The summed E-state index contributed by atoms with van der Waals surface area (Å²) >= 11 is 0. The van der Waals surface area contributed by atoms with Gasteiger partial charge in [-0.3, -0.25) is 14.6 Å². The molecule has 0 saturated carbocycles. The fourth-order valence-corrected chi connectivity index (χ4v) is 7.94. The van der Waals surface area contributed by atoms with E-state index in [0.29, 0.717) is 24.2 Å². The Hall–Kier alpha value is -3.65. The fourth-order valence-electron chi connectivity index (χ4n) is 4.81. The Bertz CT molecular complexity index is 1570. The summed E-state index contributed by atoms with van der Waals surface area (Å²) in [4.78, 5) is 31.0. The van der Waals surface area contributed by atoms with Crippen molar-refractivity contribution in [3.05, 3.63) is 89.2 Å². The first kappa shape index (κ1) is 33.2. The second-order valence-electron chi connectivity index (χ2n) is 11.0. The largest absolute Gasteiger partial charge is 0.355 e. The summed E-state index contributed by atoms with van der Waals surface area (Å²) in [5.41, 5.74) is 2.40. The molecule has 11 nitrogen and oxygen atoms in total. The minimum Gasteiger partial charge on any atom is -0.355 e. The van der Waals surface area contributed by atoms with Crippen LogP contribution in [0.5, 0.6) is 0 Å². The lowest BCUT2D eigenvalue weighted by Gasteiger charge is -2.28. The molecule has 1 aliphatic heterocycles. The van der Waals surface area contributed by atoms with Crippen LogP contribution in [-0.2, 0) is 42.7 Å². The minimum absolute atomic E-state index is 0.0403. The molecule has 2 amide bonds. The van der Waals surface area contributed by atoms with Crippen LogP contribution in [-0.4, -0.2) is 67.4 Å². The molecule has 2 heterocycles. The Kier molecular flexibility index (Phi) is 10.6. The van der Waals surface area contributed by atoms with Gasteiger partial charge in [-0.25, -0.2) is 16.8 Å². The number of aryl methyl sites for hydroxylation is 2. The molecule has 0 fully saturated rings. The van der Waals surface area contributed by atoms with Crippen LogP contribution >= 0.6 is 0 Å². The second kappa shape index (κ2) is 14.0. The van der Waals surface area contributed by atoms with Gasteiger partial charge in [-0.2, -0.15) is 8.61 Å². The number of pyridine rings is 1. The van der Waals surface area contributed by atoms with Crippen LogP contribution in [0.2, 0.25) is 0 Å². The van der Waals surface area contributed by atoms with Crippen LogP contribution in [0.1, 0.15) is 49.2 Å². The number of nitrogens with zero attached hydrogens (tertiary/aromatic N) is 3. The van der Waals surface area contributed by atoms with E-state index in [2.05, 4.69) is 15.6 Å². The number of fused-ring (bicyclic) bond motifs is 2. The molecule has 2 bridgehead atoms. The van der Waals surface area contributed by atoms with Gasteiger partial charge >= 0.3 is 0 Å². The Morgan fingerprint density at radius 3 is 1.36 bits per heavy atom. The molecule has 236 valence electrons. The van der Waals surface area contributed by atoms with Gasteiger partial charge in [0, 0.05) is 13.1 Å². The van der Waals surface area contributed by atoms with Gasteiger partial charge < -0.3 is 10.6 Å². The van der Waals surface area contributed by atoms with Crippen molar-refractivity contribution < 1.29 is 26.4 Å². The van der Waals surface area contributed by atoms with Crippen LogP contribution in [0.25, 0.3) is 0 Å². The molecular formula is C31H39N5O6S2. The first-order valence-electron chi connectivity index (χ1n) is 14.5. The Balaban J connectivity index is 1.77. The zero-order chi connectivity index (χ0) is 32.1. The van der Waals surface area contributed by atoms with Crippen molar-refractivity contribution in [2.24, 2.45) is 0 Å². The van der Waals surface area contributed by atoms with E-state index in [-0.39, 0.29) is 36.0 Å². The van der Waals surface area contributed by atoms with Crippen molar-refractivity contribution in [1.29, 1.82) is 0 Å². The van der Waals surface area contributed by atoms with Crippen molar-refractivity contribution in [2.45, 2.75) is 75.5 Å². The highest BCUT2D eigenvalue weighted by Gasteiger charge is 2.35. The second-order valence-corrected chi connectivity index (χ2v) is 14.8. The molecule has 0 saturated heterocycles. The molecule has 13 heteroatoms. The summed E-state index contributed by atoms with van der Waals surface area (Å²) in [6, 6.07) is 15.5. The van der Waals surface area contributed by atoms with Crippen molar-refractivity contribution >= 4 is 31.9 Å². The normalized spacial score (nSPS) is 20.4. The molecule has 3 aromatic rings.